The monoisotopic (exact) mass is 259 g/mol. The molecule has 2 nitrogen and oxygen atoms in total. The number of thiazole rings is 1. The van der Waals surface area contributed by atoms with Gasteiger partial charge in [0.1, 0.15) is 10.8 Å². The van der Waals surface area contributed by atoms with E-state index in [4.69, 9.17) is 0 Å². The van der Waals surface area contributed by atoms with Crippen LogP contribution in [0.3, 0.4) is 0 Å². The summed E-state index contributed by atoms with van der Waals surface area (Å²) in [5.74, 6) is 0.277. The number of thiophene rings is 1. The minimum Gasteiger partial charge on any atom is -0.506 e. The van der Waals surface area contributed by atoms with Crippen LogP contribution >= 0.6 is 22.7 Å². The fraction of sp³-hybridized carbons (Fsp3) is 0. The highest BCUT2D eigenvalue weighted by atomic mass is 32.1. The second-order valence-electron chi connectivity index (χ2n) is 3.53. The van der Waals surface area contributed by atoms with Crippen LogP contribution in [0.25, 0.3) is 22.1 Å². The molecule has 2 aromatic heterocycles. The average molecular weight is 259 g/mol. The van der Waals surface area contributed by atoms with E-state index in [-0.39, 0.29) is 5.76 Å². The molecule has 0 fully saturated rings. The molecule has 2 heterocycles. The second kappa shape index (κ2) is 4.31. The fourth-order valence-electron chi connectivity index (χ4n) is 1.56. The number of nitrogens with zero attached hydrogens (tertiary/aromatic N) is 1. The van der Waals surface area contributed by atoms with Crippen LogP contribution in [0.2, 0.25) is 0 Å². The summed E-state index contributed by atoms with van der Waals surface area (Å²) in [6.07, 6.45) is 1.72. The van der Waals surface area contributed by atoms with Crippen LogP contribution in [0, 0.1) is 0 Å². The van der Waals surface area contributed by atoms with Crippen molar-refractivity contribution in [1.29, 1.82) is 0 Å². The van der Waals surface area contributed by atoms with Crippen LogP contribution in [0.15, 0.2) is 41.8 Å². The standard InChI is InChI=1S/C13H9NOS2/c15-10(12-6-3-7-16-12)8-13-14-9-4-1-2-5-11(9)17-13/h1-8,15H. The van der Waals surface area contributed by atoms with Crippen LogP contribution in [-0.2, 0) is 0 Å². The van der Waals surface area contributed by atoms with Gasteiger partial charge in [0.25, 0.3) is 0 Å². The summed E-state index contributed by atoms with van der Waals surface area (Å²) in [5, 5.41) is 12.7. The Morgan fingerprint density at radius 1 is 1.18 bits per heavy atom. The van der Waals surface area contributed by atoms with Gasteiger partial charge in [0.15, 0.2) is 0 Å². The van der Waals surface area contributed by atoms with Crippen molar-refractivity contribution in [1.82, 2.24) is 4.98 Å². The topological polar surface area (TPSA) is 33.1 Å². The fourth-order valence-corrected chi connectivity index (χ4v) is 3.11. The maximum Gasteiger partial charge on any atom is 0.135 e. The summed E-state index contributed by atoms with van der Waals surface area (Å²) in [6.45, 7) is 0. The number of benzene rings is 1. The van der Waals surface area contributed by atoms with E-state index in [0.717, 1.165) is 20.1 Å². The predicted octanol–water partition coefficient (Wildman–Crippen LogP) is 4.41. The van der Waals surface area contributed by atoms with Crippen molar-refractivity contribution in [3.63, 3.8) is 0 Å². The average Bonchev–Trinajstić information content (AvgIpc) is 2.97. The van der Waals surface area contributed by atoms with E-state index < -0.39 is 0 Å². The summed E-state index contributed by atoms with van der Waals surface area (Å²) in [7, 11) is 0. The molecule has 0 amide bonds. The van der Waals surface area contributed by atoms with Crippen molar-refractivity contribution in [2.24, 2.45) is 0 Å². The van der Waals surface area contributed by atoms with Crippen molar-refractivity contribution in [2.75, 3.05) is 0 Å². The Hall–Kier alpha value is -1.65. The summed E-state index contributed by atoms with van der Waals surface area (Å²) in [4.78, 5) is 5.31. The van der Waals surface area contributed by atoms with Gasteiger partial charge in [-0.2, -0.15) is 0 Å². The molecule has 0 atom stereocenters. The maximum absolute atomic E-state index is 9.93. The van der Waals surface area contributed by atoms with Crippen molar-refractivity contribution in [3.8, 4) is 0 Å². The SMILES string of the molecule is OC(=Cc1nc2ccccc2s1)c1cccs1. The van der Waals surface area contributed by atoms with Crippen LogP contribution in [-0.4, -0.2) is 10.1 Å². The van der Waals surface area contributed by atoms with Gasteiger partial charge in [0.05, 0.1) is 15.1 Å². The molecule has 1 N–H and O–H groups in total. The Bertz CT molecular complexity index is 635. The number of aliphatic hydroxyl groups excluding tert-OH is 1. The number of aliphatic hydroxyl groups is 1. The zero-order chi connectivity index (χ0) is 11.7. The molecule has 0 saturated carbocycles. The molecule has 4 heteroatoms. The Balaban J connectivity index is 2.02. The van der Waals surface area contributed by atoms with Gasteiger partial charge in [0.2, 0.25) is 0 Å². The van der Waals surface area contributed by atoms with Crippen LogP contribution in [0.4, 0.5) is 0 Å². The van der Waals surface area contributed by atoms with E-state index in [1.165, 1.54) is 11.3 Å². The zero-order valence-corrected chi connectivity index (χ0v) is 10.5. The highest BCUT2D eigenvalue weighted by Crippen LogP contribution is 2.26. The molecule has 1 aromatic carbocycles. The van der Waals surface area contributed by atoms with E-state index in [9.17, 15) is 5.11 Å². The molecule has 0 aliphatic rings. The third-order valence-corrected chi connectivity index (χ3v) is 4.22. The third kappa shape index (κ3) is 2.09. The lowest BCUT2D eigenvalue weighted by Gasteiger charge is -1.92. The molecular formula is C13H9NOS2. The lowest BCUT2D eigenvalue weighted by Crippen LogP contribution is -1.76. The van der Waals surface area contributed by atoms with E-state index >= 15 is 0 Å². The molecule has 0 radical (unpaired) electrons. The predicted molar refractivity (Wildman–Crippen MR) is 74.4 cm³/mol. The van der Waals surface area contributed by atoms with Crippen molar-refractivity contribution < 1.29 is 5.11 Å². The molecule has 3 rings (SSSR count). The maximum atomic E-state index is 9.93. The van der Waals surface area contributed by atoms with Crippen LogP contribution in [0.5, 0.6) is 0 Å². The largest absolute Gasteiger partial charge is 0.506 e. The molecule has 17 heavy (non-hydrogen) atoms. The minimum atomic E-state index is 0.277. The number of hydrogen-bond donors (Lipinski definition) is 1. The molecule has 84 valence electrons. The molecule has 0 aliphatic carbocycles. The van der Waals surface area contributed by atoms with Gasteiger partial charge in [-0.15, -0.1) is 22.7 Å². The van der Waals surface area contributed by atoms with Gasteiger partial charge in [-0.1, -0.05) is 18.2 Å². The first-order valence-corrected chi connectivity index (χ1v) is 6.83. The van der Waals surface area contributed by atoms with E-state index in [0.29, 0.717) is 0 Å². The first-order chi connectivity index (χ1) is 8.33. The number of aromatic nitrogens is 1. The van der Waals surface area contributed by atoms with Crippen molar-refractivity contribution >= 4 is 44.7 Å². The summed E-state index contributed by atoms with van der Waals surface area (Å²) >= 11 is 3.10. The lowest BCUT2D eigenvalue weighted by atomic mass is 10.3. The van der Waals surface area contributed by atoms with Gasteiger partial charge in [-0.3, -0.25) is 0 Å². The molecule has 0 saturated heterocycles. The molecule has 0 bridgehead atoms. The summed E-state index contributed by atoms with van der Waals surface area (Å²) < 4.78 is 1.14. The first kappa shape index (κ1) is 10.5. The van der Waals surface area contributed by atoms with Crippen LogP contribution in [0.1, 0.15) is 9.88 Å². The highest BCUT2D eigenvalue weighted by molar-refractivity contribution is 7.19. The van der Waals surface area contributed by atoms with Gasteiger partial charge in [-0.25, -0.2) is 4.98 Å². The molecule has 3 aromatic rings. The molecule has 0 aliphatic heterocycles. The number of para-hydroxylation sites is 1. The first-order valence-electron chi connectivity index (χ1n) is 5.13. The minimum absolute atomic E-state index is 0.277. The number of hydrogen-bond acceptors (Lipinski definition) is 4. The van der Waals surface area contributed by atoms with Gasteiger partial charge in [0, 0.05) is 6.08 Å². The lowest BCUT2D eigenvalue weighted by molar-refractivity contribution is 0.517. The van der Waals surface area contributed by atoms with Crippen molar-refractivity contribution in [2.45, 2.75) is 0 Å². The second-order valence-corrected chi connectivity index (χ2v) is 5.54. The zero-order valence-electron chi connectivity index (χ0n) is 8.83. The van der Waals surface area contributed by atoms with Gasteiger partial charge < -0.3 is 5.11 Å². The normalized spacial score (nSPS) is 12.1. The number of rotatable bonds is 2. The molecular weight excluding hydrogens is 250 g/mol. The van der Waals surface area contributed by atoms with Gasteiger partial charge in [-0.05, 0) is 23.6 Å². The molecule has 0 unspecified atom stereocenters. The summed E-state index contributed by atoms with van der Waals surface area (Å²) in [5.41, 5.74) is 0.975. The third-order valence-electron chi connectivity index (χ3n) is 2.34. The highest BCUT2D eigenvalue weighted by Gasteiger charge is 2.04. The molecule has 0 spiro atoms. The quantitative estimate of drug-likeness (QED) is 0.691. The van der Waals surface area contributed by atoms with Crippen molar-refractivity contribution in [3.05, 3.63) is 51.7 Å². The smallest absolute Gasteiger partial charge is 0.135 e. The Morgan fingerprint density at radius 3 is 2.82 bits per heavy atom. The van der Waals surface area contributed by atoms with Crippen LogP contribution < -0.4 is 0 Å². The summed E-state index contributed by atoms with van der Waals surface area (Å²) in [6, 6.07) is 11.8. The Morgan fingerprint density at radius 2 is 2.06 bits per heavy atom. The van der Waals surface area contributed by atoms with E-state index in [1.54, 1.807) is 17.4 Å². The Kier molecular flexibility index (Phi) is 2.66. The number of fused-ring (bicyclic) bond motifs is 1. The van der Waals surface area contributed by atoms with E-state index in [2.05, 4.69) is 4.98 Å². The van der Waals surface area contributed by atoms with E-state index in [1.807, 2.05) is 41.8 Å². The Labute approximate surface area is 107 Å². The van der Waals surface area contributed by atoms with Gasteiger partial charge >= 0.3 is 0 Å².